The van der Waals surface area contributed by atoms with E-state index in [1.165, 1.54) is 40.5 Å². The third-order valence-electron chi connectivity index (χ3n) is 7.78. The summed E-state index contributed by atoms with van der Waals surface area (Å²) in [5, 5.41) is 9.69. The Kier molecular flexibility index (Phi) is 17.4. The predicted molar refractivity (Wildman–Crippen MR) is 169 cm³/mol. The van der Waals surface area contributed by atoms with Gasteiger partial charge < -0.3 is 9.84 Å². The van der Waals surface area contributed by atoms with E-state index in [4.69, 9.17) is 4.74 Å². The largest absolute Gasteiger partial charge is 0.469 e. The van der Waals surface area contributed by atoms with Gasteiger partial charge in [-0.05, 0) is 119 Å². The maximum absolute atomic E-state index is 12.9. The molecule has 0 aromatic heterocycles. The van der Waals surface area contributed by atoms with Crippen molar-refractivity contribution in [3.63, 3.8) is 0 Å². The normalized spacial score (nSPS) is 20.1. The number of rotatable bonds is 17. The van der Waals surface area contributed by atoms with E-state index in [-0.39, 0.29) is 17.7 Å². The van der Waals surface area contributed by atoms with E-state index < -0.39 is 18.4 Å². The van der Waals surface area contributed by atoms with Crippen molar-refractivity contribution in [2.45, 2.75) is 113 Å². The second-order valence-corrected chi connectivity index (χ2v) is 12.1. The summed E-state index contributed by atoms with van der Waals surface area (Å²) in [5.74, 6) is -1.84. The van der Waals surface area contributed by atoms with Gasteiger partial charge in [0.2, 0.25) is 0 Å². The molecule has 0 fully saturated rings. The quantitative estimate of drug-likeness (QED) is 0.144. The van der Waals surface area contributed by atoms with Gasteiger partial charge in [-0.25, -0.2) is 0 Å². The second-order valence-electron chi connectivity index (χ2n) is 12.1. The van der Waals surface area contributed by atoms with E-state index in [9.17, 15) is 14.7 Å². The Hall–Kier alpha value is -2.46. The van der Waals surface area contributed by atoms with Crippen molar-refractivity contribution in [3.8, 4) is 0 Å². The minimum Gasteiger partial charge on any atom is -0.469 e. The average molecular weight is 553 g/mol. The van der Waals surface area contributed by atoms with Gasteiger partial charge in [0, 0.05) is 5.92 Å². The number of esters is 1. The molecule has 1 aliphatic carbocycles. The summed E-state index contributed by atoms with van der Waals surface area (Å²) < 4.78 is 5.14. The van der Waals surface area contributed by atoms with Crippen molar-refractivity contribution >= 4 is 11.8 Å². The summed E-state index contributed by atoms with van der Waals surface area (Å²) >= 11 is 0. The van der Waals surface area contributed by atoms with Crippen molar-refractivity contribution < 1.29 is 19.4 Å². The number of carbonyl (C=O) groups excluding carboxylic acids is 2. The zero-order chi connectivity index (χ0) is 30.1. The lowest BCUT2D eigenvalue weighted by Crippen LogP contribution is -2.39. The first-order chi connectivity index (χ1) is 19.0. The van der Waals surface area contributed by atoms with E-state index >= 15 is 0 Å². The Labute approximate surface area is 245 Å². The SMILES string of the molecule is COC(=O)C1C(C/C=C(\C)CC/C=C(\C)CCC=C(C)C)C=C(CC/C=C(\C)CCC=C(C)C)CC1C(=O)CO. The molecule has 0 heterocycles. The van der Waals surface area contributed by atoms with E-state index in [0.717, 1.165) is 51.4 Å². The molecule has 0 saturated carbocycles. The zero-order valence-electron chi connectivity index (χ0n) is 26.6. The fourth-order valence-electron chi connectivity index (χ4n) is 5.36. The van der Waals surface area contributed by atoms with Gasteiger partial charge in [0.15, 0.2) is 5.78 Å². The number of ketones is 1. The first-order valence-corrected chi connectivity index (χ1v) is 15.1. The molecule has 0 aromatic rings. The van der Waals surface area contributed by atoms with Crippen LogP contribution in [-0.2, 0) is 14.3 Å². The molecule has 40 heavy (non-hydrogen) atoms. The van der Waals surface area contributed by atoms with Crippen LogP contribution >= 0.6 is 0 Å². The molecule has 0 saturated heterocycles. The summed E-state index contributed by atoms with van der Waals surface area (Å²) in [4.78, 5) is 25.6. The number of carbonyl (C=O) groups is 2. The molecule has 0 aliphatic heterocycles. The molecule has 1 N–H and O–H groups in total. The lowest BCUT2D eigenvalue weighted by atomic mass is 9.69. The third-order valence-corrected chi connectivity index (χ3v) is 7.78. The topological polar surface area (TPSA) is 63.6 Å². The van der Waals surface area contributed by atoms with Gasteiger partial charge >= 0.3 is 5.97 Å². The molecule has 0 spiro atoms. The first-order valence-electron chi connectivity index (χ1n) is 15.1. The van der Waals surface area contributed by atoms with Crippen molar-refractivity contribution in [2.75, 3.05) is 13.7 Å². The van der Waals surface area contributed by atoms with E-state index in [1.54, 1.807) is 0 Å². The van der Waals surface area contributed by atoms with Crippen LogP contribution in [0.2, 0.25) is 0 Å². The number of methoxy groups -OCH3 is 1. The lowest BCUT2D eigenvalue weighted by Gasteiger charge is -2.34. The van der Waals surface area contributed by atoms with Crippen molar-refractivity contribution in [1.82, 2.24) is 0 Å². The lowest BCUT2D eigenvalue weighted by molar-refractivity contribution is -0.152. The standard InChI is InChI=1S/C36H56O4/c1-26(2)13-9-15-28(5)17-11-18-30(7)21-22-32-23-31(20-12-19-29(6)16-10-14-27(3)4)24-33(34(38)25-37)35(32)36(39)40-8/h13-14,17,19,21,23,32-33,35,37H,9-12,15-16,18,20,22,24-25H2,1-8H3/b28-17+,29-19+,30-21+. The van der Waals surface area contributed by atoms with E-state index in [1.807, 2.05) is 0 Å². The number of ether oxygens (including phenoxy) is 1. The van der Waals surface area contributed by atoms with Gasteiger partial charge in [-0.2, -0.15) is 0 Å². The number of allylic oxidation sites excluding steroid dienone is 12. The van der Waals surface area contributed by atoms with Gasteiger partial charge in [-0.3, -0.25) is 9.59 Å². The van der Waals surface area contributed by atoms with Crippen LogP contribution in [0.25, 0.3) is 0 Å². The van der Waals surface area contributed by atoms with Crippen LogP contribution < -0.4 is 0 Å². The second kappa shape index (κ2) is 19.6. The van der Waals surface area contributed by atoms with Crippen LogP contribution in [-0.4, -0.2) is 30.6 Å². The van der Waals surface area contributed by atoms with Gasteiger partial charge in [0.05, 0.1) is 13.0 Å². The molecule has 224 valence electrons. The molecule has 0 amide bonds. The molecular weight excluding hydrogens is 496 g/mol. The highest BCUT2D eigenvalue weighted by Crippen LogP contribution is 2.39. The molecule has 0 radical (unpaired) electrons. The molecular formula is C36H56O4. The van der Waals surface area contributed by atoms with Crippen molar-refractivity contribution in [1.29, 1.82) is 0 Å². The summed E-state index contributed by atoms with van der Waals surface area (Å²) in [6.07, 6.45) is 22.8. The predicted octanol–water partition coefficient (Wildman–Crippen LogP) is 9.18. The van der Waals surface area contributed by atoms with Gasteiger partial charge in [-0.1, -0.05) is 69.9 Å². The van der Waals surface area contributed by atoms with E-state index in [2.05, 4.69) is 84.9 Å². The number of aliphatic hydroxyl groups is 1. The molecule has 4 heteroatoms. The molecule has 0 aromatic carbocycles. The Bertz CT molecular complexity index is 994. The molecule has 3 unspecified atom stereocenters. The number of aliphatic hydroxyl groups excluding tert-OH is 1. The van der Waals surface area contributed by atoms with Gasteiger partial charge in [0.25, 0.3) is 0 Å². The van der Waals surface area contributed by atoms with Crippen LogP contribution in [0.15, 0.2) is 69.9 Å². The summed E-state index contributed by atoms with van der Waals surface area (Å²) in [5.41, 5.74) is 7.99. The van der Waals surface area contributed by atoms with Gasteiger partial charge in [-0.15, -0.1) is 0 Å². The Balaban J connectivity index is 2.97. The summed E-state index contributed by atoms with van der Waals surface area (Å²) in [6.45, 7) is 14.5. The summed E-state index contributed by atoms with van der Waals surface area (Å²) in [7, 11) is 1.38. The van der Waals surface area contributed by atoms with Crippen LogP contribution in [0.5, 0.6) is 0 Å². The number of hydrogen-bond donors (Lipinski definition) is 1. The molecule has 4 nitrogen and oxygen atoms in total. The minimum absolute atomic E-state index is 0.115. The molecule has 0 bridgehead atoms. The zero-order valence-corrected chi connectivity index (χ0v) is 26.6. The van der Waals surface area contributed by atoms with Crippen LogP contribution in [0, 0.1) is 17.8 Å². The number of hydrogen-bond acceptors (Lipinski definition) is 4. The fraction of sp³-hybridized carbons (Fsp3) is 0.611. The van der Waals surface area contributed by atoms with Gasteiger partial charge in [0.1, 0.15) is 6.61 Å². The maximum Gasteiger partial charge on any atom is 0.310 e. The van der Waals surface area contributed by atoms with Crippen molar-refractivity contribution in [2.24, 2.45) is 17.8 Å². The Morgan fingerprint density at radius 2 is 1.30 bits per heavy atom. The Morgan fingerprint density at radius 1 is 0.800 bits per heavy atom. The highest BCUT2D eigenvalue weighted by atomic mass is 16.5. The fourth-order valence-corrected chi connectivity index (χ4v) is 5.36. The van der Waals surface area contributed by atoms with Crippen molar-refractivity contribution in [3.05, 3.63) is 69.9 Å². The monoisotopic (exact) mass is 552 g/mol. The molecule has 1 aliphatic rings. The third kappa shape index (κ3) is 14.3. The number of Topliss-reactive ketones (excluding diaryl/α,β-unsaturated/α-hetero) is 1. The Morgan fingerprint density at radius 3 is 1.80 bits per heavy atom. The first kappa shape index (κ1) is 35.6. The maximum atomic E-state index is 12.9. The summed E-state index contributed by atoms with van der Waals surface area (Å²) in [6, 6.07) is 0. The average Bonchev–Trinajstić information content (AvgIpc) is 2.90. The van der Waals surface area contributed by atoms with Crippen LogP contribution in [0.4, 0.5) is 0 Å². The minimum atomic E-state index is -0.559. The molecule has 1 rings (SSSR count). The smallest absolute Gasteiger partial charge is 0.310 e. The van der Waals surface area contributed by atoms with Crippen LogP contribution in [0.1, 0.15) is 113 Å². The van der Waals surface area contributed by atoms with Crippen LogP contribution in [0.3, 0.4) is 0 Å². The highest BCUT2D eigenvalue weighted by molar-refractivity contribution is 5.88. The molecule has 3 atom stereocenters. The van der Waals surface area contributed by atoms with E-state index in [0.29, 0.717) is 12.8 Å². The highest BCUT2D eigenvalue weighted by Gasteiger charge is 2.41.